The molecule has 1 atom stereocenters. The molecule has 124 valence electrons. The van der Waals surface area contributed by atoms with Crippen LogP contribution >= 0.6 is 27.5 Å². The quantitative estimate of drug-likeness (QED) is 0.780. The first-order chi connectivity index (χ1) is 11.4. The molecule has 1 amide bonds. The van der Waals surface area contributed by atoms with Crippen LogP contribution in [-0.2, 0) is 10.4 Å². The van der Waals surface area contributed by atoms with E-state index >= 15 is 0 Å². The summed E-state index contributed by atoms with van der Waals surface area (Å²) in [5.41, 5.74) is -0.469. The van der Waals surface area contributed by atoms with Gasteiger partial charge in [0, 0.05) is 27.2 Å². The third kappa shape index (κ3) is 2.77. The van der Waals surface area contributed by atoms with E-state index in [1.165, 1.54) is 4.90 Å². The smallest absolute Gasteiger partial charge is 0.264 e. The van der Waals surface area contributed by atoms with E-state index in [1.54, 1.807) is 42.5 Å². The number of halogens is 2. The number of benzene rings is 2. The Morgan fingerprint density at radius 1 is 1.25 bits per heavy atom. The first-order valence-corrected chi connectivity index (χ1v) is 8.67. The van der Waals surface area contributed by atoms with Gasteiger partial charge in [-0.05, 0) is 37.3 Å². The number of anilines is 1. The zero-order valence-electron chi connectivity index (χ0n) is 12.9. The largest absolute Gasteiger partial charge is 0.375 e. The van der Waals surface area contributed by atoms with Gasteiger partial charge in [0.2, 0.25) is 0 Å². The standard InChI is InChI=1S/C18H15BrClNO3/c1-2-21-15-8-7-13(20)9-14(15)18(24,17(21)23)10-16(22)11-3-5-12(19)6-4-11/h3-9,24H,2,10H2,1H3/t18-/m1/s1. The lowest BCUT2D eigenvalue weighted by Gasteiger charge is -2.22. The predicted molar refractivity (Wildman–Crippen MR) is 96.5 cm³/mol. The van der Waals surface area contributed by atoms with Gasteiger partial charge in [-0.15, -0.1) is 0 Å². The number of nitrogens with zero attached hydrogens (tertiary/aromatic N) is 1. The minimum atomic E-state index is -1.89. The number of aliphatic hydroxyl groups is 1. The lowest BCUT2D eigenvalue weighted by Crippen LogP contribution is -2.41. The average molecular weight is 409 g/mol. The van der Waals surface area contributed by atoms with Crippen LogP contribution in [0.25, 0.3) is 0 Å². The Morgan fingerprint density at radius 2 is 1.92 bits per heavy atom. The van der Waals surface area contributed by atoms with Crippen molar-refractivity contribution in [3.63, 3.8) is 0 Å². The van der Waals surface area contributed by atoms with Gasteiger partial charge in [-0.25, -0.2) is 0 Å². The van der Waals surface area contributed by atoms with Gasteiger partial charge >= 0.3 is 0 Å². The van der Waals surface area contributed by atoms with E-state index in [2.05, 4.69) is 15.9 Å². The first kappa shape index (κ1) is 17.1. The Morgan fingerprint density at radius 3 is 2.54 bits per heavy atom. The number of ketones is 1. The minimum absolute atomic E-state index is 0.303. The number of Topliss-reactive ketones (excluding diaryl/α,β-unsaturated/α-hetero) is 1. The number of hydrogen-bond donors (Lipinski definition) is 1. The molecule has 1 heterocycles. The molecule has 4 nitrogen and oxygen atoms in total. The monoisotopic (exact) mass is 407 g/mol. The van der Waals surface area contributed by atoms with Gasteiger partial charge in [0.1, 0.15) is 0 Å². The van der Waals surface area contributed by atoms with E-state index < -0.39 is 11.5 Å². The summed E-state index contributed by atoms with van der Waals surface area (Å²) in [5.74, 6) is -0.796. The van der Waals surface area contributed by atoms with Gasteiger partial charge in [0.15, 0.2) is 11.4 Å². The minimum Gasteiger partial charge on any atom is -0.375 e. The molecule has 1 aliphatic heterocycles. The van der Waals surface area contributed by atoms with Crippen LogP contribution < -0.4 is 4.90 Å². The van der Waals surface area contributed by atoms with Crippen molar-refractivity contribution in [3.05, 3.63) is 63.1 Å². The fraction of sp³-hybridized carbons (Fsp3) is 0.222. The molecule has 24 heavy (non-hydrogen) atoms. The van der Waals surface area contributed by atoms with Gasteiger partial charge in [-0.1, -0.05) is 39.7 Å². The number of carbonyl (C=O) groups excluding carboxylic acids is 2. The van der Waals surface area contributed by atoms with E-state index in [4.69, 9.17) is 11.6 Å². The third-order valence-electron chi connectivity index (χ3n) is 4.19. The highest BCUT2D eigenvalue weighted by molar-refractivity contribution is 9.10. The number of likely N-dealkylation sites (N-methyl/N-ethyl adjacent to an activating group) is 1. The summed E-state index contributed by atoms with van der Waals surface area (Å²) >= 11 is 9.34. The van der Waals surface area contributed by atoms with Gasteiger partial charge < -0.3 is 10.0 Å². The van der Waals surface area contributed by atoms with Crippen LogP contribution in [0.15, 0.2) is 46.9 Å². The molecule has 0 saturated heterocycles. The van der Waals surface area contributed by atoms with Crippen molar-refractivity contribution in [2.45, 2.75) is 18.9 Å². The van der Waals surface area contributed by atoms with Crippen molar-refractivity contribution in [3.8, 4) is 0 Å². The van der Waals surface area contributed by atoms with Crippen molar-refractivity contribution >= 4 is 44.9 Å². The molecule has 0 aromatic heterocycles. The fourth-order valence-corrected chi connectivity index (χ4v) is 3.41. The van der Waals surface area contributed by atoms with Gasteiger partial charge in [0.05, 0.1) is 12.1 Å². The molecule has 0 radical (unpaired) electrons. The first-order valence-electron chi connectivity index (χ1n) is 7.50. The topological polar surface area (TPSA) is 57.6 Å². The second-order valence-electron chi connectivity index (χ2n) is 5.68. The molecule has 0 unspecified atom stereocenters. The molecule has 0 aliphatic carbocycles. The Hall–Kier alpha value is -1.69. The van der Waals surface area contributed by atoms with Crippen molar-refractivity contribution in [2.75, 3.05) is 11.4 Å². The van der Waals surface area contributed by atoms with E-state index in [0.717, 1.165) is 4.47 Å². The third-order valence-corrected chi connectivity index (χ3v) is 4.96. The van der Waals surface area contributed by atoms with Crippen molar-refractivity contribution in [2.24, 2.45) is 0 Å². The molecule has 0 bridgehead atoms. The molecular weight excluding hydrogens is 394 g/mol. The summed E-state index contributed by atoms with van der Waals surface area (Å²) < 4.78 is 0.851. The SMILES string of the molecule is CCN1C(=O)[C@@](O)(CC(=O)c2ccc(Br)cc2)c2cc(Cl)ccc21. The van der Waals surface area contributed by atoms with Gasteiger partial charge in [0.25, 0.3) is 5.91 Å². The van der Waals surface area contributed by atoms with E-state index in [-0.39, 0.29) is 12.2 Å². The maximum absolute atomic E-state index is 12.7. The van der Waals surface area contributed by atoms with Crippen LogP contribution in [0.1, 0.15) is 29.3 Å². The molecule has 2 aromatic carbocycles. The summed E-state index contributed by atoms with van der Waals surface area (Å²) in [7, 11) is 0. The average Bonchev–Trinajstić information content (AvgIpc) is 2.76. The number of fused-ring (bicyclic) bond motifs is 1. The highest BCUT2D eigenvalue weighted by Gasteiger charge is 2.50. The predicted octanol–water partition coefficient (Wildman–Crippen LogP) is 3.93. The van der Waals surface area contributed by atoms with Crippen LogP contribution in [0.3, 0.4) is 0 Å². The zero-order valence-corrected chi connectivity index (χ0v) is 15.3. The Bertz CT molecular complexity index is 822. The molecule has 1 N–H and O–H groups in total. The molecule has 2 aromatic rings. The number of hydrogen-bond acceptors (Lipinski definition) is 3. The second-order valence-corrected chi connectivity index (χ2v) is 7.03. The van der Waals surface area contributed by atoms with E-state index in [1.807, 2.05) is 6.92 Å². The molecular formula is C18H15BrClNO3. The van der Waals surface area contributed by atoms with Crippen LogP contribution in [-0.4, -0.2) is 23.3 Å². The highest BCUT2D eigenvalue weighted by atomic mass is 79.9. The Balaban J connectivity index is 2.00. The molecule has 3 rings (SSSR count). The normalized spacial score (nSPS) is 19.5. The lowest BCUT2D eigenvalue weighted by molar-refractivity contribution is -0.135. The fourth-order valence-electron chi connectivity index (χ4n) is 2.98. The molecule has 0 spiro atoms. The molecule has 1 aliphatic rings. The summed E-state index contributed by atoms with van der Waals surface area (Å²) in [6.45, 7) is 2.22. The van der Waals surface area contributed by atoms with Crippen molar-refractivity contribution in [1.29, 1.82) is 0 Å². The lowest BCUT2D eigenvalue weighted by atomic mass is 9.88. The van der Waals surface area contributed by atoms with Crippen LogP contribution in [0, 0.1) is 0 Å². The molecule has 0 fully saturated rings. The van der Waals surface area contributed by atoms with Gasteiger partial charge in [-0.3, -0.25) is 9.59 Å². The molecule has 0 saturated carbocycles. The van der Waals surface area contributed by atoms with E-state index in [0.29, 0.717) is 28.4 Å². The number of amides is 1. The maximum Gasteiger partial charge on any atom is 0.264 e. The molecule has 6 heteroatoms. The highest BCUT2D eigenvalue weighted by Crippen LogP contribution is 2.43. The Kier molecular flexibility index (Phi) is 4.51. The van der Waals surface area contributed by atoms with E-state index in [9.17, 15) is 14.7 Å². The summed E-state index contributed by atoms with van der Waals surface area (Å²) in [6, 6.07) is 11.7. The maximum atomic E-state index is 12.7. The zero-order chi connectivity index (χ0) is 17.5. The summed E-state index contributed by atoms with van der Waals surface area (Å²) in [6.07, 6.45) is -0.322. The van der Waals surface area contributed by atoms with Gasteiger partial charge in [-0.2, -0.15) is 0 Å². The van der Waals surface area contributed by atoms with Crippen LogP contribution in [0.2, 0.25) is 5.02 Å². The summed E-state index contributed by atoms with van der Waals surface area (Å²) in [5, 5.41) is 11.5. The second kappa shape index (κ2) is 6.31. The number of carbonyl (C=O) groups is 2. The van der Waals surface area contributed by atoms with Crippen LogP contribution in [0.4, 0.5) is 5.69 Å². The number of rotatable bonds is 4. The van der Waals surface area contributed by atoms with Crippen LogP contribution in [0.5, 0.6) is 0 Å². The Labute approximate surface area is 153 Å². The van der Waals surface area contributed by atoms with Crippen molar-refractivity contribution < 1.29 is 14.7 Å². The summed E-state index contributed by atoms with van der Waals surface area (Å²) in [4.78, 5) is 26.8. The van der Waals surface area contributed by atoms with Crippen molar-refractivity contribution in [1.82, 2.24) is 0 Å².